The third-order valence-electron chi connectivity index (χ3n) is 5.57. The highest BCUT2D eigenvalue weighted by atomic mass is 35.5. The van der Waals surface area contributed by atoms with Gasteiger partial charge in [-0.2, -0.15) is 8.78 Å². The molecule has 4 rings (SSSR count). The van der Waals surface area contributed by atoms with Crippen LogP contribution in [-0.4, -0.2) is 35.9 Å². The van der Waals surface area contributed by atoms with Gasteiger partial charge in [-0.15, -0.1) is 0 Å². The first kappa shape index (κ1) is 22.3. The number of rotatable bonds is 7. The van der Waals surface area contributed by atoms with Gasteiger partial charge in [-0.05, 0) is 36.6 Å². The molecule has 2 aromatic rings. The molecule has 0 amide bonds. The number of ether oxygens (including phenoxy) is 2. The minimum atomic E-state index is -3.01. The van der Waals surface area contributed by atoms with Crippen LogP contribution in [0.25, 0.3) is 0 Å². The Morgan fingerprint density at radius 3 is 2.75 bits per heavy atom. The number of alkyl halides is 4. The zero-order valence-corrected chi connectivity index (χ0v) is 17.5. The Morgan fingerprint density at radius 2 is 2.09 bits per heavy atom. The number of hydrogen-bond acceptors (Lipinski definition) is 6. The number of halogens is 5. The summed E-state index contributed by atoms with van der Waals surface area (Å²) in [5.41, 5.74) is 4.58. The second-order valence-corrected chi connectivity index (χ2v) is 8.11. The Bertz CT molecular complexity index is 1100. The second-order valence-electron chi connectivity index (χ2n) is 7.70. The third kappa shape index (κ3) is 3.99. The Balaban J connectivity index is 1.64. The number of nitrogens with zero attached hydrogens (tertiary/aromatic N) is 2. The number of aliphatic imine (C=N–C) groups is 1. The van der Waals surface area contributed by atoms with Crippen LogP contribution in [0.3, 0.4) is 0 Å². The Morgan fingerprint density at radius 1 is 1.34 bits per heavy atom. The fourth-order valence-corrected chi connectivity index (χ4v) is 4.34. The molecule has 11 heteroatoms. The van der Waals surface area contributed by atoms with Gasteiger partial charge >= 0.3 is 6.61 Å². The standard InChI is InChI=1S/C21H18ClF4N3O3/c1-9-4-11(31-19(25)26)8-28-17(9)15(30)6-10-2-3-14(22)12(5-10)21(18(23)24)13-7-16(13)32-20(27)29-21/h2-5,8,13,16,18-19H,6-7H2,1H3,(H2,27,29)/t13-,16+,21+/m1/s1. The number of amidine groups is 1. The van der Waals surface area contributed by atoms with Crippen LogP contribution in [0, 0.1) is 12.8 Å². The van der Waals surface area contributed by atoms with Crippen LogP contribution in [0.15, 0.2) is 35.5 Å². The predicted octanol–water partition coefficient (Wildman–Crippen LogP) is 4.26. The number of fused-ring (bicyclic) bond motifs is 1. The molecular formula is C21H18ClF4N3O3. The predicted molar refractivity (Wildman–Crippen MR) is 107 cm³/mol. The van der Waals surface area contributed by atoms with Crippen molar-refractivity contribution in [3.05, 3.63) is 57.9 Å². The smallest absolute Gasteiger partial charge is 0.387 e. The first-order valence-corrected chi connectivity index (χ1v) is 10.0. The van der Waals surface area contributed by atoms with Gasteiger partial charge in [0.1, 0.15) is 17.5 Å². The van der Waals surface area contributed by atoms with Crippen LogP contribution in [0.5, 0.6) is 5.75 Å². The first-order chi connectivity index (χ1) is 15.1. The fourth-order valence-electron chi connectivity index (χ4n) is 4.07. The molecule has 2 aliphatic rings. The summed E-state index contributed by atoms with van der Waals surface area (Å²) in [4.78, 5) is 20.7. The van der Waals surface area contributed by atoms with E-state index in [0.29, 0.717) is 17.5 Å². The topological polar surface area (TPSA) is 86.8 Å². The monoisotopic (exact) mass is 471 g/mol. The zero-order valence-electron chi connectivity index (χ0n) is 16.7. The molecular weight excluding hydrogens is 454 g/mol. The van der Waals surface area contributed by atoms with Crippen molar-refractivity contribution in [1.29, 1.82) is 0 Å². The number of Topliss-reactive ketones (excluding diaryl/α,β-unsaturated/α-hetero) is 1. The first-order valence-electron chi connectivity index (χ1n) is 9.65. The highest BCUT2D eigenvalue weighted by molar-refractivity contribution is 6.31. The number of hydrogen-bond donors (Lipinski definition) is 1. The summed E-state index contributed by atoms with van der Waals surface area (Å²) in [7, 11) is 0. The summed E-state index contributed by atoms with van der Waals surface area (Å²) in [6, 6.07) is 5.35. The van der Waals surface area contributed by atoms with Gasteiger partial charge in [-0.3, -0.25) is 4.79 Å². The molecule has 2 N–H and O–H groups in total. The molecule has 2 heterocycles. The lowest BCUT2D eigenvalue weighted by atomic mass is 9.83. The maximum atomic E-state index is 14.3. The molecule has 0 saturated heterocycles. The molecule has 1 aliphatic carbocycles. The SMILES string of the molecule is Cc1cc(OC(F)F)cnc1C(=O)Cc1ccc(Cl)c([C@]2(C(F)F)N=C(N)O[C@H]3C[C@H]32)c1. The number of carbonyl (C=O) groups excluding carboxylic acids is 1. The van der Waals surface area contributed by atoms with E-state index in [1.54, 1.807) is 6.07 Å². The quantitative estimate of drug-likeness (QED) is 0.481. The number of pyridine rings is 1. The van der Waals surface area contributed by atoms with Gasteiger partial charge in [0.05, 0.1) is 6.20 Å². The summed E-state index contributed by atoms with van der Waals surface area (Å²) in [5.74, 6) is -1.18. The highest BCUT2D eigenvalue weighted by Gasteiger charge is 2.64. The van der Waals surface area contributed by atoms with E-state index >= 15 is 0 Å². The summed E-state index contributed by atoms with van der Waals surface area (Å²) < 4.78 is 62.9. The highest BCUT2D eigenvalue weighted by Crippen LogP contribution is 2.56. The van der Waals surface area contributed by atoms with Crippen LogP contribution in [0.2, 0.25) is 5.02 Å². The Labute approximate surface area is 185 Å². The fraction of sp³-hybridized carbons (Fsp3) is 0.381. The maximum absolute atomic E-state index is 14.3. The molecule has 1 saturated carbocycles. The van der Waals surface area contributed by atoms with E-state index in [0.717, 1.165) is 6.20 Å². The molecule has 0 bridgehead atoms. The van der Waals surface area contributed by atoms with E-state index in [9.17, 15) is 22.4 Å². The minimum Gasteiger partial charge on any atom is -0.462 e. The lowest BCUT2D eigenvalue weighted by Crippen LogP contribution is -2.43. The number of aromatic nitrogens is 1. The molecule has 1 aromatic heterocycles. The molecule has 1 aromatic carbocycles. The second kappa shape index (κ2) is 8.23. The normalized spacial score (nSPS) is 24.1. The summed E-state index contributed by atoms with van der Waals surface area (Å²) in [5, 5.41) is 0.0772. The number of benzene rings is 1. The zero-order chi connectivity index (χ0) is 23.2. The van der Waals surface area contributed by atoms with E-state index < -0.39 is 36.4 Å². The van der Waals surface area contributed by atoms with Gasteiger partial charge in [-0.1, -0.05) is 23.7 Å². The van der Waals surface area contributed by atoms with Crippen molar-refractivity contribution in [1.82, 2.24) is 4.98 Å². The van der Waals surface area contributed by atoms with Crippen molar-refractivity contribution < 1.29 is 31.8 Å². The molecule has 3 atom stereocenters. The van der Waals surface area contributed by atoms with E-state index in [2.05, 4.69) is 14.7 Å². The van der Waals surface area contributed by atoms with Crippen LogP contribution in [-0.2, 0) is 16.7 Å². The van der Waals surface area contributed by atoms with Gasteiger partial charge < -0.3 is 15.2 Å². The van der Waals surface area contributed by atoms with E-state index in [4.69, 9.17) is 22.1 Å². The minimum absolute atomic E-state index is 0.0577. The number of nitrogens with two attached hydrogens (primary N) is 1. The lowest BCUT2D eigenvalue weighted by Gasteiger charge is -2.33. The molecule has 1 fully saturated rings. The lowest BCUT2D eigenvalue weighted by molar-refractivity contribution is -0.0501. The number of aryl methyl sites for hydroxylation is 1. The van der Waals surface area contributed by atoms with Crippen molar-refractivity contribution in [3.63, 3.8) is 0 Å². The summed E-state index contributed by atoms with van der Waals surface area (Å²) >= 11 is 6.28. The number of carbonyl (C=O) groups is 1. The van der Waals surface area contributed by atoms with Crippen molar-refractivity contribution >= 4 is 23.4 Å². The van der Waals surface area contributed by atoms with Crippen molar-refractivity contribution in [3.8, 4) is 5.75 Å². The third-order valence-corrected chi connectivity index (χ3v) is 5.90. The van der Waals surface area contributed by atoms with E-state index in [1.165, 1.54) is 25.1 Å². The van der Waals surface area contributed by atoms with Crippen molar-refractivity contribution in [2.45, 2.75) is 44.4 Å². The number of ketones is 1. The van der Waals surface area contributed by atoms with Gasteiger partial charge in [0.2, 0.25) is 0 Å². The molecule has 0 unspecified atom stereocenters. The van der Waals surface area contributed by atoms with Gasteiger partial charge in [0.15, 0.2) is 11.3 Å². The van der Waals surface area contributed by atoms with E-state index in [-0.39, 0.29) is 34.5 Å². The van der Waals surface area contributed by atoms with Crippen LogP contribution >= 0.6 is 11.6 Å². The molecule has 32 heavy (non-hydrogen) atoms. The molecule has 0 radical (unpaired) electrons. The Kier molecular flexibility index (Phi) is 5.74. The van der Waals surface area contributed by atoms with Gasteiger partial charge in [0, 0.05) is 22.9 Å². The molecule has 1 aliphatic heterocycles. The van der Waals surface area contributed by atoms with Crippen LogP contribution in [0.4, 0.5) is 17.6 Å². The molecule has 6 nitrogen and oxygen atoms in total. The van der Waals surface area contributed by atoms with E-state index in [1.807, 2.05) is 0 Å². The van der Waals surface area contributed by atoms with Gasteiger partial charge in [-0.25, -0.2) is 18.8 Å². The van der Waals surface area contributed by atoms with Crippen LogP contribution < -0.4 is 10.5 Å². The summed E-state index contributed by atoms with van der Waals surface area (Å²) in [6.45, 7) is -1.48. The van der Waals surface area contributed by atoms with Gasteiger partial charge in [0.25, 0.3) is 12.4 Å². The molecule has 0 spiro atoms. The van der Waals surface area contributed by atoms with Crippen molar-refractivity contribution in [2.24, 2.45) is 16.6 Å². The summed E-state index contributed by atoms with van der Waals surface area (Å²) in [6.07, 6.45) is -2.13. The average Bonchev–Trinajstić information content (AvgIpc) is 3.47. The van der Waals surface area contributed by atoms with Crippen molar-refractivity contribution in [2.75, 3.05) is 0 Å². The molecule has 170 valence electrons. The van der Waals surface area contributed by atoms with Crippen LogP contribution in [0.1, 0.15) is 33.6 Å². The Hall–Kier alpha value is -2.88. The largest absolute Gasteiger partial charge is 0.462 e. The maximum Gasteiger partial charge on any atom is 0.387 e. The average molecular weight is 472 g/mol.